The first-order chi connectivity index (χ1) is 12.4. The Bertz CT molecular complexity index is 700. The van der Waals surface area contributed by atoms with Crippen LogP contribution in [0.3, 0.4) is 0 Å². The summed E-state index contributed by atoms with van der Waals surface area (Å²) in [6.45, 7) is 2.30. The van der Waals surface area contributed by atoms with Crippen LogP contribution in [0.1, 0.15) is 49.7 Å². The Morgan fingerprint density at radius 3 is 2.42 bits per heavy atom. The zero-order valence-electron chi connectivity index (χ0n) is 15.2. The van der Waals surface area contributed by atoms with Crippen molar-refractivity contribution < 1.29 is 14.3 Å². The topological polar surface area (TPSA) is 55.4 Å². The fourth-order valence-electron chi connectivity index (χ4n) is 5.63. The summed E-state index contributed by atoms with van der Waals surface area (Å²) < 4.78 is 5.58. The van der Waals surface area contributed by atoms with E-state index in [1.54, 1.807) is 0 Å². The maximum absolute atomic E-state index is 12.8. The maximum Gasteiger partial charge on any atom is 0.312 e. The molecule has 2 atom stereocenters. The fraction of sp³-hybridized carbons (Fsp3) is 0.619. The van der Waals surface area contributed by atoms with Crippen LogP contribution in [0, 0.1) is 24.2 Å². The van der Waals surface area contributed by atoms with Gasteiger partial charge >= 0.3 is 5.97 Å². The number of rotatable bonds is 5. The van der Waals surface area contributed by atoms with Crippen LogP contribution in [0.4, 0.5) is 0 Å². The number of hydrogen-bond donors (Lipinski definition) is 1. The van der Waals surface area contributed by atoms with Crippen molar-refractivity contribution in [2.24, 2.45) is 17.3 Å². The summed E-state index contributed by atoms with van der Waals surface area (Å²) in [5.41, 5.74) is 1.86. The van der Waals surface area contributed by atoms with Crippen molar-refractivity contribution in [3.63, 3.8) is 0 Å². The number of carbonyl (C=O) groups is 2. The number of aryl methyl sites for hydroxylation is 1. The second kappa shape index (κ2) is 6.66. The quantitative estimate of drug-likeness (QED) is 0.581. The van der Waals surface area contributed by atoms with Crippen molar-refractivity contribution in [3.8, 4) is 0 Å². The number of amides is 1. The van der Waals surface area contributed by atoms with Crippen LogP contribution >= 0.6 is 15.9 Å². The van der Waals surface area contributed by atoms with Crippen LogP contribution in [0.25, 0.3) is 0 Å². The van der Waals surface area contributed by atoms with Gasteiger partial charge in [0.05, 0.1) is 5.41 Å². The van der Waals surface area contributed by atoms with Crippen molar-refractivity contribution in [2.45, 2.75) is 56.3 Å². The Morgan fingerprint density at radius 2 is 1.81 bits per heavy atom. The first kappa shape index (κ1) is 18.0. The van der Waals surface area contributed by atoms with Crippen LogP contribution in [0.2, 0.25) is 0 Å². The number of alkyl halides is 1. The molecule has 1 aromatic rings. The molecule has 0 radical (unpaired) electrons. The lowest BCUT2D eigenvalue weighted by Crippen LogP contribution is -2.56. The molecule has 4 bridgehead atoms. The highest BCUT2D eigenvalue weighted by Gasteiger charge is 2.60. The molecule has 140 valence electrons. The molecule has 0 spiro atoms. The van der Waals surface area contributed by atoms with E-state index in [0.717, 1.165) is 24.8 Å². The fourth-order valence-corrected chi connectivity index (χ4v) is 7.08. The number of carbonyl (C=O) groups excluding carboxylic acids is 2. The van der Waals surface area contributed by atoms with Crippen molar-refractivity contribution in [2.75, 3.05) is 6.61 Å². The van der Waals surface area contributed by atoms with Gasteiger partial charge in [0.15, 0.2) is 6.61 Å². The second-order valence-corrected chi connectivity index (χ2v) is 10.4. The van der Waals surface area contributed by atoms with Crippen molar-refractivity contribution in [1.82, 2.24) is 5.32 Å². The molecule has 4 aliphatic carbocycles. The molecule has 4 saturated carbocycles. The highest BCUT2D eigenvalue weighted by molar-refractivity contribution is 9.10. The Hall–Kier alpha value is -1.36. The van der Waals surface area contributed by atoms with Crippen LogP contribution in [0.5, 0.6) is 0 Å². The molecule has 4 aliphatic rings. The molecule has 4 nitrogen and oxygen atoms in total. The zero-order valence-corrected chi connectivity index (χ0v) is 16.8. The van der Waals surface area contributed by atoms with Crippen LogP contribution in [0.15, 0.2) is 24.3 Å². The summed E-state index contributed by atoms with van der Waals surface area (Å²) in [6.07, 6.45) is 6.32. The van der Waals surface area contributed by atoms with Crippen molar-refractivity contribution >= 4 is 27.8 Å². The summed E-state index contributed by atoms with van der Waals surface area (Å²) in [6, 6.07) is 8.02. The number of benzene rings is 1. The normalized spacial score (nSPS) is 34.5. The number of hydrogen-bond acceptors (Lipinski definition) is 3. The molecular formula is C21H26BrNO3. The zero-order chi connectivity index (χ0) is 18.4. The summed E-state index contributed by atoms with van der Waals surface area (Å²) in [4.78, 5) is 24.9. The first-order valence-corrected chi connectivity index (χ1v) is 10.3. The lowest BCUT2D eigenvalue weighted by atomic mass is 9.49. The van der Waals surface area contributed by atoms with E-state index in [4.69, 9.17) is 4.74 Å². The monoisotopic (exact) mass is 419 g/mol. The summed E-state index contributed by atoms with van der Waals surface area (Å²) >= 11 is 3.91. The summed E-state index contributed by atoms with van der Waals surface area (Å²) in [7, 11) is 0. The molecule has 0 saturated heterocycles. The Labute approximate surface area is 163 Å². The van der Waals surface area contributed by atoms with E-state index >= 15 is 0 Å². The van der Waals surface area contributed by atoms with E-state index in [2.05, 4.69) is 21.2 Å². The lowest BCUT2D eigenvalue weighted by molar-refractivity contribution is -0.171. The average Bonchev–Trinajstić information content (AvgIpc) is 2.57. The van der Waals surface area contributed by atoms with Gasteiger partial charge in [-0.3, -0.25) is 9.59 Å². The van der Waals surface area contributed by atoms with Crippen LogP contribution in [-0.2, 0) is 20.9 Å². The third-order valence-corrected chi connectivity index (χ3v) is 7.30. The number of ether oxygens (including phenoxy) is 1. The molecule has 0 heterocycles. The van der Waals surface area contributed by atoms with Crippen molar-refractivity contribution in [3.05, 3.63) is 35.4 Å². The van der Waals surface area contributed by atoms with Gasteiger partial charge in [-0.05, 0) is 62.8 Å². The Balaban J connectivity index is 1.30. The molecule has 1 N–H and O–H groups in total. The van der Waals surface area contributed by atoms with Gasteiger partial charge < -0.3 is 10.1 Å². The molecule has 2 unspecified atom stereocenters. The largest absolute Gasteiger partial charge is 0.455 e. The number of halogens is 1. The molecule has 1 aromatic carbocycles. The van der Waals surface area contributed by atoms with Crippen LogP contribution < -0.4 is 5.32 Å². The Morgan fingerprint density at radius 1 is 1.15 bits per heavy atom. The highest BCUT2D eigenvalue weighted by atomic mass is 79.9. The van der Waals surface area contributed by atoms with Gasteiger partial charge in [-0.1, -0.05) is 45.8 Å². The molecular weight excluding hydrogens is 394 g/mol. The standard InChI is InChI=1S/C21H26BrNO3/c1-14-2-4-15(5-3-14)11-23-18(24)12-26-19(25)20-7-16-6-17(8-20)10-21(22,9-16)13-20/h2-5,16-17H,6-13H2,1H3,(H,23,24). The molecule has 0 aliphatic heterocycles. The van der Waals surface area contributed by atoms with Gasteiger partial charge in [-0.2, -0.15) is 0 Å². The van der Waals surface area contributed by atoms with E-state index in [-0.39, 0.29) is 28.2 Å². The maximum atomic E-state index is 12.8. The molecule has 5 heteroatoms. The smallest absolute Gasteiger partial charge is 0.312 e. The predicted octanol–water partition coefficient (Wildman–Crippen LogP) is 3.89. The summed E-state index contributed by atoms with van der Waals surface area (Å²) in [5.74, 6) is 0.843. The van der Waals surface area contributed by atoms with E-state index < -0.39 is 0 Å². The van der Waals surface area contributed by atoms with Crippen LogP contribution in [-0.4, -0.2) is 22.8 Å². The highest BCUT2D eigenvalue weighted by Crippen LogP contribution is 2.64. The average molecular weight is 420 g/mol. The third-order valence-electron chi connectivity index (χ3n) is 6.37. The molecule has 26 heavy (non-hydrogen) atoms. The number of esters is 1. The minimum Gasteiger partial charge on any atom is -0.455 e. The first-order valence-electron chi connectivity index (χ1n) is 9.54. The van der Waals surface area contributed by atoms with Crippen molar-refractivity contribution in [1.29, 1.82) is 0 Å². The van der Waals surface area contributed by atoms with Gasteiger partial charge in [-0.15, -0.1) is 0 Å². The minimum atomic E-state index is -0.370. The Kier molecular flexibility index (Phi) is 4.62. The van der Waals surface area contributed by atoms with E-state index in [1.807, 2.05) is 31.2 Å². The van der Waals surface area contributed by atoms with E-state index in [1.165, 1.54) is 24.8 Å². The predicted molar refractivity (Wildman–Crippen MR) is 103 cm³/mol. The molecule has 4 fully saturated rings. The van der Waals surface area contributed by atoms with Gasteiger partial charge in [-0.25, -0.2) is 0 Å². The lowest BCUT2D eigenvalue weighted by Gasteiger charge is -2.58. The van der Waals surface area contributed by atoms with Gasteiger partial charge in [0, 0.05) is 10.9 Å². The van der Waals surface area contributed by atoms with E-state index in [9.17, 15) is 9.59 Å². The SMILES string of the molecule is Cc1ccc(CNC(=O)COC(=O)C23CC4CC(CC(Br)(C4)C2)C3)cc1. The molecule has 0 aromatic heterocycles. The molecule has 1 amide bonds. The molecule has 5 rings (SSSR count). The second-order valence-electron chi connectivity index (χ2n) is 8.73. The van der Waals surface area contributed by atoms with Gasteiger partial charge in [0.25, 0.3) is 5.91 Å². The number of nitrogens with one attached hydrogen (secondary N) is 1. The minimum absolute atomic E-state index is 0.115. The summed E-state index contributed by atoms with van der Waals surface area (Å²) in [5, 5.41) is 2.83. The third kappa shape index (κ3) is 3.55. The van der Waals surface area contributed by atoms with Gasteiger partial charge in [0.1, 0.15) is 0 Å². The van der Waals surface area contributed by atoms with Gasteiger partial charge in [0.2, 0.25) is 0 Å². The van der Waals surface area contributed by atoms with E-state index in [0.29, 0.717) is 18.4 Å².